The first-order valence-electron chi connectivity index (χ1n) is 10.7. The molecule has 2 amide bonds. The van der Waals surface area contributed by atoms with Gasteiger partial charge >= 0.3 is 5.97 Å². The second-order valence-corrected chi connectivity index (χ2v) is 8.72. The molecule has 1 heterocycles. The predicted octanol–water partition coefficient (Wildman–Crippen LogP) is 3.65. The molecule has 6 nitrogen and oxygen atoms in total. The lowest BCUT2D eigenvalue weighted by Crippen LogP contribution is -2.33. The summed E-state index contributed by atoms with van der Waals surface area (Å²) in [6.07, 6.45) is 2.04. The maximum Gasteiger partial charge on any atom is 0.338 e. The highest BCUT2D eigenvalue weighted by Gasteiger charge is 2.61. The molecule has 0 aromatic heterocycles. The molecule has 0 unspecified atom stereocenters. The summed E-state index contributed by atoms with van der Waals surface area (Å²) in [4.78, 5) is 52.5. The number of anilines is 1. The summed E-state index contributed by atoms with van der Waals surface area (Å²) in [7, 11) is 0. The van der Waals surface area contributed by atoms with Gasteiger partial charge in [0.15, 0.2) is 6.10 Å². The molecule has 2 aromatic rings. The minimum absolute atomic E-state index is 0.152. The highest BCUT2D eigenvalue weighted by atomic mass is 16.5. The molecule has 1 saturated heterocycles. The van der Waals surface area contributed by atoms with Gasteiger partial charge in [-0.25, -0.2) is 4.79 Å². The summed E-state index contributed by atoms with van der Waals surface area (Å²) in [5.74, 6) is -1.10. The fraction of sp³-hybridized carbons (Fsp3) is 0.360. The summed E-state index contributed by atoms with van der Waals surface area (Å²) in [5.41, 5.74) is 1.05. The summed E-state index contributed by atoms with van der Waals surface area (Å²) >= 11 is 0. The molecule has 5 rings (SSSR count). The first-order chi connectivity index (χ1) is 15.0. The average Bonchev–Trinajstić information content (AvgIpc) is 3.47. The summed E-state index contributed by atoms with van der Waals surface area (Å²) in [5, 5.41) is 0. The molecule has 3 fully saturated rings. The van der Waals surface area contributed by atoms with Gasteiger partial charge in [0.05, 0.1) is 23.1 Å². The summed E-state index contributed by atoms with van der Waals surface area (Å²) < 4.78 is 5.37. The maximum atomic E-state index is 13.0. The minimum Gasteiger partial charge on any atom is -0.451 e. The van der Waals surface area contributed by atoms with Crippen molar-refractivity contribution in [2.24, 2.45) is 23.7 Å². The molecule has 3 aliphatic rings. The van der Waals surface area contributed by atoms with E-state index in [4.69, 9.17) is 4.74 Å². The zero-order chi connectivity index (χ0) is 21.7. The van der Waals surface area contributed by atoms with Gasteiger partial charge in [-0.15, -0.1) is 0 Å². The third kappa shape index (κ3) is 3.17. The van der Waals surface area contributed by atoms with Crippen LogP contribution in [0.25, 0.3) is 0 Å². The Kier molecular flexibility index (Phi) is 4.73. The van der Waals surface area contributed by atoms with Gasteiger partial charge in [0, 0.05) is 5.56 Å². The average molecular weight is 417 g/mol. The van der Waals surface area contributed by atoms with E-state index in [9.17, 15) is 19.2 Å². The van der Waals surface area contributed by atoms with Crippen molar-refractivity contribution in [1.82, 2.24) is 0 Å². The molecule has 0 N–H and O–H groups in total. The first-order valence-corrected chi connectivity index (χ1v) is 10.7. The Morgan fingerprint density at radius 1 is 0.903 bits per heavy atom. The third-order valence-electron chi connectivity index (χ3n) is 6.98. The van der Waals surface area contributed by atoms with Gasteiger partial charge in [-0.2, -0.15) is 0 Å². The Morgan fingerprint density at radius 3 is 2.16 bits per heavy atom. The van der Waals surface area contributed by atoms with Crippen LogP contribution in [0.5, 0.6) is 0 Å². The third-order valence-corrected chi connectivity index (χ3v) is 6.98. The zero-order valence-electron chi connectivity index (χ0n) is 17.2. The lowest BCUT2D eigenvalue weighted by atomic mass is 9.81. The SMILES string of the molecule is C[C@H](OC(=O)c1cccc(N2C(=O)[C@H]3[C@H]4CC[C@@H](C4)[C@@H]3C2=O)c1)C(=O)c1ccccc1. The van der Waals surface area contributed by atoms with E-state index < -0.39 is 12.1 Å². The number of ether oxygens (including phenoxy) is 1. The van der Waals surface area contributed by atoms with Crippen LogP contribution in [0.2, 0.25) is 0 Å². The van der Waals surface area contributed by atoms with Crippen LogP contribution in [0.3, 0.4) is 0 Å². The van der Waals surface area contributed by atoms with E-state index in [-0.39, 0.29) is 35.0 Å². The van der Waals surface area contributed by atoms with Gasteiger partial charge in [0.2, 0.25) is 17.6 Å². The van der Waals surface area contributed by atoms with Crippen LogP contribution in [0, 0.1) is 23.7 Å². The molecule has 2 saturated carbocycles. The van der Waals surface area contributed by atoms with Gasteiger partial charge in [-0.05, 0) is 56.2 Å². The molecule has 2 bridgehead atoms. The van der Waals surface area contributed by atoms with Crippen LogP contribution in [0.1, 0.15) is 46.9 Å². The van der Waals surface area contributed by atoms with Crippen LogP contribution in [0.15, 0.2) is 54.6 Å². The second-order valence-electron chi connectivity index (χ2n) is 8.72. The lowest BCUT2D eigenvalue weighted by Gasteiger charge is -2.19. The number of carbonyl (C=O) groups excluding carboxylic acids is 4. The number of amides is 2. The van der Waals surface area contributed by atoms with Crippen molar-refractivity contribution in [1.29, 1.82) is 0 Å². The Labute approximate surface area is 180 Å². The number of Topliss-reactive ketones (excluding diaryl/α,β-unsaturated/α-hetero) is 1. The molecular weight excluding hydrogens is 394 g/mol. The molecule has 2 aliphatic carbocycles. The van der Waals surface area contributed by atoms with Crippen molar-refractivity contribution in [3.63, 3.8) is 0 Å². The van der Waals surface area contributed by atoms with Crippen LogP contribution >= 0.6 is 0 Å². The smallest absolute Gasteiger partial charge is 0.338 e. The van der Waals surface area contributed by atoms with Crippen LogP contribution in [-0.4, -0.2) is 29.7 Å². The topological polar surface area (TPSA) is 80.8 Å². The molecule has 5 atom stereocenters. The molecule has 1 aliphatic heterocycles. The number of ketones is 1. The molecule has 0 spiro atoms. The standard InChI is InChI=1S/C25H23NO5/c1-14(22(27)15-6-3-2-4-7-15)31-25(30)18-8-5-9-19(13-18)26-23(28)20-16-10-11-17(12-16)21(20)24(26)29/h2-9,13-14,16-17,20-21H,10-12H2,1H3/t14-,16-,17-,20-,21-/m0/s1. The van der Waals surface area contributed by atoms with Gasteiger partial charge in [-0.1, -0.05) is 36.4 Å². The van der Waals surface area contributed by atoms with E-state index in [1.807, 2.05) is 0 Å². The number of imide groups is 1. The maximum absolute atomic E-state index is 13.0. The van der Waals surface area contributed by atoms with Crippen LogP contribution in [-0.2, 0) is 14.3 Å². The van der Waals surface area contributed by atoms with E-state index in [1.165, 1.54) is 17.9 Å². The van der Waals surface area contributed by atoms with Crippen molar-refractivity contribution in [3.8, 4) is 0 Å². The number of rotatable bonds is 5. The van der Waals surface area contributed by atoms with Crippen molar-refractivity contribution >= 4 is 29.3 Å². The largest absolute Gasteiger partial charge is 0.451 e. The lowest BCUT2D eigenvalue weighted by molar-refractivity contribution is -0.123. The Hall–Kier alpha value is -3.28. The van der Waals surface area contributed by atoms with Gasteiger partial charge in [-0.3, -0.25) is 19.3 Å². The van der Waals surface area contributed by atoms with Crippen molar-refractivity contribution in [2.75, 3.05) is 4.90 Å². The monoisotopic (exact) mass is 417 g/mol. The fourth-order valence-electron chi connectivity index (χ4n) is 5.55. The predicted molar refractivity (Wildman–Crippen MR) is 112 cm³/mol. The normalized spacial score (nSPS) is 27.3. The molecular formula is C25H23NO5. The van der Waals surface area contributed by atoms with E-state index in [0.717, 1.165) is 19.3 Å². The fourth-order valence-corrected chi connectivity index (χ4v) is 5.55. The number of hydrogen-bond acceptors (Lipinski definition) is 5. The zero-order valence-corrected chi connectivity index (χ0v) is 17.2. The van der Waals surface area contributed by atoms with E-state index in [2.05, 4.69) is 0 Å². The highest BCUT2D eigenvalue weighted by molar-refractivity contribution is 6.22. The minimum atomic E-state index is -0.955. The number of fused-ring (bicyclic) bond motifs is 5. The Bertz CT molecular complexity index is 1050. The Balaban J connectivity index is 1.34. The second kappa shape index (κ2) is 7.45. The molecule has 2 aromatic carbocycles. The summed E-state index contributed by atoms with van der Waals surface area (Å²) in [6, 6.07) is 15.0. The van der Waals surface area contributed by atoms with Gasteiger partial charge in [0.1, 0.15) is 0 Å². The number of nitrogens with zero attached hydrogens (tertiary/aromatic N) is 1. The Morgan fingerprint density at radius 2 is 1.52 bits per heavy atom. The van der Waals surface area contributed by atoms with Crippen molar-refractivity contribution in [2.45, 2.75) is 32.3 Å². The van der Waals surface area contributed by atoms with Gasteiger partial charge < -0.3 is 4.74 Å². The number of carbonyl (C=O) groups is 4. The molecule has 31 heavy (non-hydrogen) atoms. The number of esters is 1. The van der Waals surface area contributed by atoms with Crippen molar-refractivity contribution < 1.29 is 23.9 Å². The van der Waals surface area contributed by atoms with Gasteiger partial charge in [0.25, 0.3) is 0 Å². The molecule has 158 valence electrons. The van der Waals surface area contributed by atoms with E-state index in [0.29, 0.717) is 23.1 Å². The highest BCUT2D eigenvalue weighted by Crippen LogP contribution is 2.56. The van der Waals surface area contributed by atoms with Crippen LogP contribution < -0.4 is 4.90 Å². The number of hydrogen-bond donors (Lipinski definition) is 0. The van der Waals surface area contributed by atoms with Crippen molar-refractivity contribution in [3.05, 3.63) is 65.7 Å². The molecule has 6 heteroatoms. The van der Waals surface area contributed by atoms with E-state index in [1.54, 1.807) is 48.5 Å². The first kappa shape index (κ1) is 19.7. The molecule has 0 radical (unpaired) electrons. The quantitative estimate of drug-likeness (QED) is 0.421. The van der Waals surface area contributed by atoms with E-state index >= 15 is 0 Å². The van der Waals surface area contributed by atoms with Crippen LogP contribution in [0.4, 0.5) is 5.69 Å². The summed E-state index contributed by atoms with van der Waals surface area (Å²) in [6.45, 7) is 1.53. The number of benzene rings is 2.